The van der Waals surface area contributed by atoms with Gasteiger partial charge in [0.05, 0.1) is 22.7 Å². The first kappa shape index (κ1) is 17.3. The van der Waals surface area contributed by atoms with Gasteiger partial charge in [-0.3, -0.25) is 0 Å². The summed E-state index contributed by atoms with van der Waals surface area (Å²) in [5.74, 6) is 0. The highest BCUT2D eigenvalue weighted by atomic mass is 15.3. The minimum Gasteiger partial charge on any atom is -0.337 e. The summed E-state index contributed by atoms with van der Waals surface area (Å²) in [4.78, 5) is 7.53. The fourth-order valence-electron chi connectivity index (χ4n) is 4.54. The van der Waals surface area contributed by atoms with Crippen LogP contribution < -0.4 is 9.80 Å². The molecule has 0 atom stereocenters. The van der Waals surface area contributed by atoms with E-state index >= 15 is 0 Å². The van der Waals surface area contributed by atoms with Crippen LogP contribution in [0.2, 0.25) is 0 Å². The van der Waals surface area contributed by atoms with Crippen LogP contribution in [-0.2, 0) is 0 Å². The van der Waals surface area contributed by atoms with Crippen molar-refractivity contribution in [3.8, 4) is 0 Å². The zero-order valence-corrected chi connectivity index (χ0v) is 16.3. The minimum absolute atomic E-state index is 1.02. The summed E-state index contributed by atoms with van der Waals surface area (Å²) < 4.78 is 0. The molecule has 142 valence electrons. The Kier molecular flexibility index (Phi) is 4.76. The number of para-hydroxylation sites is 5. The molecule has 2 aliphatic heterocycles. The molecule has 0 N–H and O–H groups in total. The van der Waals surface area contributed by atoms with Crippen LogP contribution in [0.5, 0.6) is 0 Å². The molecule has 2 aliphatic rings. The Morgan fingerprint density at radius 2 is 1.07 bits per heavy atom. The van der Waals surface area contributed by atoms with E-state index in [0.29, 0.717) is 0 Å². The number of anilines is 5. The second-order valence-electron chi connectivity index (χ2n) is 7.70. The average Bonchev–Trinajstić information content (AvgIpc) is 2.78. The van der Waals surface area contributed by atoms with Gasteiger partial charge in [-0.05, 0) is 62.3 Å². The molecule has 0 amide bonds. The molecule has 3 heteroatoms. The summed E-state index contributed by atoms with van der Waals surface area (Å²) in [5, 5.41) is 0. The largest absolute Gasteiger partial charge is 0.337 e. The lowest BCUT2D eigenvalue weighted by Crippen LogP contribution is -2.38. The summed E-state index contributed by atoms with van der Waals surface area (Å²) in [5.41, 5.74) is 6.30. The van der Waals surface area contributed by atoms with E-state index < -0.39 is 0 Å². The molecule has 1 fully saturated rings. The van der Waals surface area contributed by atoms with E-state index in [2.05, 4.69) is 93.6 Å². The van der Waals surface area contributed by atoms with E-state index in [1.165, 1.54) is 60.8 Å². The van der Waals surface area contributed by atoms with Crippen molar-refractivity contribution in [1.82, 2.24) is 4.90 Å². The Morgan fingerprint density at radius 3 is 1.68 bits per heavy atom. The van der Waals surface area contributed by atoms with Gasteiger partial charge in [0.25, 0.3) is 0 Å². The lowest BCUT2D eigenvalue weighted by Gasteiger charge is -2.41. The monoisotopic (exact) mass is 369 g/mol. The normalized spacial score (nSPS) is 16.6. The predicted molar refractivity (Wildman–Crippen MR) is 118 cm³/mol. The fraction of sp³-hybridized carbons (Fsp3) is 0.280. The van der Waals surface area contributed by atoms with Gasteiger partial charge in [0.2, 0.25) is 0 Å². The quantitative estimate of drug-likeness (QED) is 0.551. The van der Waals surface area contributed by atoms with Crippen molar-refractivity contribution in [2.24, 2.45) is 0 Å². The van der Waals surface area contributed by atoms with Crippen molar-refractivity contribution in [3.63, 3.8) is 0 Å². The first-order valence-electron chi connectivity index (χ1n) is 10.4. The number of rotatable bonds is 4. The van der Waals surface area contributed by atoms with Gasteiger partial charge in [0.15, 0.2) is 0 Å². The highest BCUT2D eigenvalue weighted by Gasteiger charge is 2.29. The van der Waals surface area contributed by atoms with E-state index in [9.17, 15) is 0 Å². The van der Waals surface area contributed by atoms with Gasteiger partial charge in [-0.15, -0.1) is 0 Å². The maximum atomic E-state index is 2.62. The van der Waals surface area contributed by atoms with Crippen LogP contribution in [0.4, 0.5) is 28.4 Å². The SMILES string of the molecule is c1ccc(N2c3ccccc3N(CCN3CCCCC3)c3ccccc32)cc1. The Morgan fingerprint density at radius 1 is 0.536 bits per heavy atom. The van der Waals surface area contributed by atoms with Gasteiger partial charge in [-0.1, -0.05) is 48.9 Å². The molecule has 0 saturated carbocycles. The molecule has 3 aromatic rings. The molecule has 0 bridgehead atoms. The van der Waals surface area contributed by atoms with E-state index in [0.717, 1.165) is 13.1 Å². The zero-order chi connectivity index (χ0) is 18.8. The number of likely N-dealkylation sites (tertiary alicyclic amines) is 1. The molecule has 0 aliphatic carbocycles. The average molecular weight is 370 g/mol. The number of fused-ring (bicyclic) bond motifs is 2. The van der Waals surface area contributed by atoms with E-state index in [-0.39, 0.29) is 0 Å². The smallest absolute Gasteiger partial charge is 0.0699 e. The van der Waals surface area contributed by atoms with Crippen molar-refractivity contribution in [2.75, 3.05) is 36.0 Å². The minimum atomic E-state index is 1.02. The Labute approximate surface area is 167 Å². The van der Waals surface area contributed by atoms with E-state index in [1.807, 2.05) is 0 Å². The zero-order valence-electron chi connectivity index (χ0n) is 16.3. The third-order valence-corrected chi connectivity index (χ3v) is 5.93. The van der Waals surface area contributed by atoms with Gasteiger partial charge in [-0.2, -0.15) is 0 Å². The number of nitrogens with zero attached hydrogens (tertiary/aromatic N) is 3. The summed E-state index contributed by atoms with van der Waals surface area (Å²) >= 11 is 0. The van der Waals surface area contributed by atoms with Crippen LogP contribution in [0, 0.1) is 0 Å². The molecule has 28 heavy (non-hydrogen) atoms. The second kappa shape index (κ2) is 7.69. The molecule has 1 saturated heterocycles. The van der Waals surface area contributed by atoms with Crippen LogP contribution in [0.1, 0.15) is 19.3 Å². The van der Waals surface area contributed by atoms with Gasteiger partial charge >= 0.3 is 0 Å². The number of hydrogen-bond acceptors (Lipinski definition) is 3. The summed E-state index contributed by atoms with van der Waals surface area (Å²) in [6.45, 7) is 4.63. The number of benzene rings is 3. The van der Waals surface area contributed by atoms with E-state index in [1.54, 1.807) is 0 Å². The molecular formula is C25H27N3. The van der Waals surface area contributed by atoms with Gasteiger partial charge in [0.1, 0.15) is 0 Å². The van der Waals surface area contributed by atoms with Crippen LogP contribution in [0.15, 0.2) is 78.9 Å². The maximum Gasteiger partial charge on any atom is 0.0699 e. The Hall–Kier alpha value is -2.78. The van der Waals surface area contributed by atoms with Crippen molar-refractivity contribution < 1.29 is 0 Å². The van der Waals surface area contributed by atoms with Crippen LogP contribution in [0.25, 0.3) is 0 Å². The van der Waals surface area contributed by atoms with Gasteiger partial charge in [0, 0.05) is 18.8 Å². The topological polar surface area (TPSA) is 9.72 Å². The maximum absolute atomic E-state index is 2.62. The molecule has 2 heterocycles. The fourth-order valence-corrected chi connectivity index (χ4v) is 4.54. The molecule has 0 spiro atoms. The third-order valence-electron chi connectivity index (χ3n) is 5.93. The molecule has 5 rings (SSSR count). The number of hydrogen-bond donors (Lipinski definition) is 0. The van der Waals surface area contributed by atoms with Crippen molar-refractivity contribution >= 4 is 28.4 Å². The lowest BCUT2D eigenvalue weighted by molar-refractivity contribution is 0.234. The second-order valence-corrected chi connectivity index (χ2v) is 7.70. The van der Waals surface area contributed by atoms with Crippen molar-refractivity contribution in [1.29, 1.82) is 0 Å². The highest BCUT2D eigenvalue weighted by molar-refractivity contribution is 5.97. The number of piperidine rings is 1. The summed E-state index contributed by atoms with van der Waals surface area (Å²) in [6, 6.07) is 28.3. The molecule has 0 radical (unpaired) electrons. The van der Waals surface area contributed by atoms with Crippen LogP contribution >= 0.6 is 0 Å². The molecule has 3 nitrogen and oxygen atoms in total. The van der Waals surface area contributed by atoms with Crippen LogP contribution in [0.3, 0.4) is 0 Å². The Bertz CT molecular complexity index is 884. The van der Waals surface area contributed by atoms with Crippen molar-refractivity contribution in [2.45, 2.75) is 19.3 Å². The molecule has 3 aromatic carbocycles. The standard InChI is InChI=1S/C25H27N3/c1-3-11-21(12-4-1)28-24-15-7-5-13-22(24)27(23-14-6-8-16-25(23)28)20-19-26-17-9-2-10-18-26/h1,3-8,11-16H,2,9-10,17-20H2. The van der Waals surface area contributed by atoms with Crippen molar-refractivity contribution in [3.05, 3.63) is 78.9 Å². The summed E-state index contributed by atoms with van der Waals surface area (Å²) in [7, 11) is 0. The summed E-state index contributed by atoms with van der Waals surface area (Å²) in [6.07, 6.45) is 4.07. The van der Waals surface area contributed by atoms with Crippen LogP contribution in [-0.4, -0.2) is 31.1 Å². The highest BCUT2D eigenvalue weighted by Crippen LogP contribution is 2.50. The first-order valence-corrected chi connectivity index (χ1v) is 10.4. The molecular weight excluding hydrogens is 342 g/mol. The molecule has 0 unspecified atom stereocenters. The van der Waals surface area contributed by atoms with E-state index in [4.69, 9.17) is 0 Å². The Balaban J connectivity index is 1.55. The first-order chi connectivity index (χ1) is 13.9. The van der Waals surface area contributed by atoms with Gasteiger partial charge < -0.3 is 14.7 Å². The lowest BCUT2D eigenvalue weighted by atomic mass is 10.1. The molecule has 0 aromatic heterocycles. The predicted octanol–water partition coefficient (Wildman–Crippen LogP) is 6.09. The third kappa shape index (κ3) is 3.16. The van der Waals surface area contributed by atoms with Gasteiger partial charge in [-0.25, -0.2) is 0 Å².